The van der Waals surface area contributed by atoms with Crippen molar-refractivity contribution in [3.8, 4) is 0 Å². The molecule has 2 unspecified atom stereocenters. The van der Waals surface area contributed by atoms with Crippen molar-refractivity contribution in [1.29, 1.82) is 0 Å². The van der Waals surface area contributed by atoms with E-state index in [-0.39, 0.29) is 18.5 Å². The van der Waals surface area contributed by atoms with E-state index < -0.39 is 12.1 Å². The normalized spacial score (nSPS) is 12.6. The van der Waals surface area contributed by atoms with Crippen LogP contribution in [0.1, 0.15) is 309 Å². The van der Waals surface area contributed by atoms with E-state index in [9.17, 15) is 19.8 Å². The summed E-state index contributed by atoms with van der Waals surface area (Å²) in [6.07, 6.45) is 60.4. The standard InChI is InChI=1S/C56H109NO5/c1-3-5-7-9-11-13-15-17-19-20-21-22-24-26-30-34-38-42-46-50-56(61)62-51-47-43-39-35-31-27-29-33-37-41-45-49-55(60)57-53(52-58)54(59)48-44-40-36-32-28-25-23-18-16-14-12-10-8-6-4-2/h17,19,53-54,58-59H,3-16,18,20-52H2,1-2H3,(H,57,60)/b19-17-. The van der Waals surface area contributed by atoms with Crippen LogP contribution in [0.15, 0.2) is 12.2 Å². The number of carbonyl (C=O) groups excluding carboxylic acids is 2. The van der Waals surface area contributed by atoms with Crippen molar-refractivity contribution in [3.05, 3.63) is 12.2 Å². The molecule has 6 heteroatoms. The lowest BCUT2D eigenvalue weighted by atomic mass is 10.0. The fourth-order valence-corrected chi connectivity index (χ4v) is 8.75. The van der Waals surface area contributed by atoms with Crippen LogP contribution >= 0.6 is 0 Å². The molecule has 0 radical (unpaired) electrons. The average Bonchev–Trinajstić information content (AvgIpc) is 3.27. The van der Waals surface area contributed by atoms with Gasteiger partial charge in [0.15, 0.2) is 0 Å². The number of ether oxygens (including phenoxy) is 1. The summed E-state index contributed by atoms with van der Waals surface area (Å²) in [4.78, 5) is 24.5. The highest BCUT2D eigenvalue weighted by Crippen LogP contribution is 2.17. The van der Waals surface area contributed by atoms with E-state index in [1.54, 1.807) is 0 Å². The van der Waals surface area contributed by atoms with Crippen molar-refractivity contribution in [2.75, 3.05) is 13.2 Å². The first kappa shape index (κ1) is 60.6. The molecule has 0 spiro atoms. The van der Waals surface area contributed by atoms with Crippen LogP contribution in [0, 0.1) is 0 Å². The van der Waals surface area contributed by atoms with Crippen molar-refractivity contribution >= 4 is 11.9 Å². The zero-order valence-electron chi connectivity index (χ0n) is 41.9. The highest BCUT2D eigenvalue weighted by molar-refractivity contribution is 5.76. The number of rotatable bonds is 52. The molecule has 0 aliphatic carbocycles. The quantitative estimate of drug-likeness (QED) is 0.0321. The molecule has 0 aliphatic heterocycles. The van der Waals surface area contributed by atoms with Crippen molar-refractivity contribution in [3.63, 3.8) is 0 Å². The Morgan fingerprint density at radius 3 is 1.15 bits per heavy atom. The summed E-state index contributed by atoms with van der Waals surface area (Å²) >= 11 is 0. The van der Waals surface area contributed by atoms with E-state index in [2.05, 4.69) is 31.3 Å². The van der Waals surface area contributed by atoms with Crippen LogP contribution < -0.4 is 5.32 Å². The number of aliphatic hydroxyl groups excluding tert-OH is 2. The summed E-state index contributed by atoms with van der Waals surface area (Å²) in [5.74, 6) is -0.0653. The van der Waals surface area contributed by atoms with Crippen LogP contribution in [0.5, 0.6) is 0 Å². The second-order valence-electron chi connectivity index (χ2n) is 19.3. The molecule has 0 aromatic carbocycles. The van der Waals surface area contributed by atoms with Gasteiger partial charge in [0.05, 0.1) is 25.4 Å². The number of aliphatic hydroxyl groups is 2. The minimum absolute atomic E-state index is 0.0134. The Hall–Kier alpha value is -1.40. The SMILES string of the molecule is CCCCCCCC/C=C\CCCCCCCCCCCC(=O)OCCCCCCCCCCCCCC(=O)NC(CO)C(O)CCCCCCCCCCCCCCCCC. The molecule has 0 saturated carbocycles. The minimum Gasteiger partial charge on any atom is -0.466 e. The second-order valence-corrected chi connectivity index (χ2v) is 19.3. The number of esters is 1. The van der Waals surface area contributed by atoms with Crippen molar-refractivity contribution in [2.45, 2.75) is 321 Å². The van der Waals surface area contributed by atoms with Gasteiger partial charge in [-0.25, -0.2) is 0 Å². The van der Waals surface area contributed by atoms with E-state index in [1.807, 2.05) is 0 Å². The number of amides is 1. The Balaban J connectivity index is 3.44. The van der Waals surface area contributed by atoms with Crippen LogP contribution in [0.25, 0.3) is 0 Å². The maximum Gasteiger partial charge on any atom is 0.305 e. The maximum atomic E-state index is 12.5. The lowest BCUT2D eigenvalue weighted by Gasteiger charge is -2.22. The van der Waals surface area contributed by atoms with Gasteiger partial charge in [-0.3, -0.25) is 9.59 Å². The summed E-state index contributed by atoms with van der Waals surface area (Å²) in [6, 6.07) is -0.555. The van der Waals surface area contributed by atoms with Crippen LogP contribution in [-0.2, 0) is 14.3 Å². The zero-order chi connectivity index (χ0) is 45.1. The zero-order valence-corrected chi connectivity index (χ0v) is 41.9. The van der Waals surface area contributed by atoms with Gasteiger partial charge in [0.25, 0.3) is 0 Å². The van der Waals surface area contributed by atoms with Crippen molar-refractivity contribution in [2.24, 2.45) is 0 Å². The Kier molecular flexibility index (Phi) is 51.0. The molecule has 62 heavy (non-hydrogen) atoms. The Bertz CT molecular complexity index is 924. The summed E-state index contributed by atoms with van der Waals surface area (Å²) in [6.45, 7) is 4.92. The van der Waals surface area contributed by atoms with Crippen LogP contribution in [0.4, 0.5) is 0 Å². The third-order valence-corrected chi connectivity index (χ3v) is 13.1. The molecule has 2 atom stereocenters. The summed E-state index contributed by atoms with van der Waals surface area (Å²) in [7, 11) is 0. The molecule has 0 aliphatic rings. The highest BCUT2D eigenvalue weighted by atomic mass is 16.5. The van der Waals surface area contributed by atoms with Gasteiger partial charge in [-0.1, -0.05) is 257 Å². The molecular weight excluding hydrogens is 767 g/mol. The molecule has 0 heterocycles. The third-order valence-electron chi connectivity index (χ3n) is 13.1. The molecule has 0 rings (SSSR count). The number of unbranched alkanes of at least 4 members (excludes halogenated alkanes) is 39. The average molecular weight is 876 g/mol. The van der Waals surface area contributed by atoms with Gasteiger partial charge >= 0.3 is 5.97 Å². The van der Waals surface area contributed by atoms with Crippen LogP contribution in [0.3, 0.4) is 0 Å². The molecule has 368 valence electrons. The van der Waals surface area contributed by atoms with Crippen LogP contribution in [0.2, 0.25) is 0 Å². The molecule has 6 nitrogen and oxygen atoms in total. The Morgan fingerprint density at radius 2 is 0.758 bits per heavy atom. The molecule has 3 N–H and O–H groups in total. The van der Waals surface area contributed by atoms with Gasteiger partial charge in [0, 0.05) is 12.8 Å². The minimum atomic E-state index is -0.676. The van der Waals surface area contributed by atoms with Gasteiger partial charge in [0.2, 0.25) is 5.91 Å². The van der Waals surface area contributed by atoms with Gasteiger partial charge < -0.3 is 20.3 Å². The van der Waals surface area contributed by atoms with Gasteiger partial charge in [0.1, 0.15) is 0 Å². The maximum absolute atomic E-state index is 12.5. The lowest BCUT2D eigenvalue weighted by Crippen LogP contribution is -2.45. The van der Waals surface area contributed by atoms with Gasteiger partial charge in [-0.15, -0.1) is 0 Å². The molecular formula is C56H109NO5. The Labute approximate surface area is 387 Å². The number of hydrogen-bond acceptors (Lipinski definition) is 5. The molecule has 0 fully saturated rings. The van der Waals surface area contributed by atoms with Gasteiger partial charge in [-0.05, 0) is 51.4 Å². The predicted molar refractivity (Wildman–Crippen MR) is 269 cm³/mol. The molecule has 0 saturated heterocycles. The Morgan fingerprint density at radius 1 is 0.435 bits per heavy atom. The van der Waals surface area contributed by atoms with Crippen molar-refractivity contribution < 1.29 is 24.5 Å². The first-order chi connectivity index (χ1) is 30.5. The molecule has 1 amide bonds. The predicted octanol–water partition coefficient (Wildman–Crippen LogP) is 16.9. The smallest absolute Gasteiger partial charge is 0.305 e. The largest absolute Gasteiger partial charge is 0.466 e. The van der Waals surface area contributed by atoms with E-state index in [4.69, 9.17) is 4.74 Å². The monoisotopic (exact) mass is 876 g/mol. The number of carbonyl (C=O) groups is 2. The van der Waals surface area contributed by atoms with E-state index in [1.165, 1.54) is 218 Å². The summed E-state index contributed by atoms with van der Waals surface area (Å²) in [5.41, 5.74) is 0. The van der Waals surface area contributed by atoms with E-state index in [0.717, 1.165) is 57.8 Å². The number of allylic oxidation sites excluding steroid dienone is 2. The fraction of sp³-hybridized carbons (Fsp3) is 0.929. The first-order valence-electron chi connectivity index (χ1n) is 27.9. The van der Waals surface area contributed by atoms with E-state index in [0.29, 0.717) is 25.9 Å². The second kappa shape index (κ2) is 52.2. The van der Waals surface area contributed by atoms with Crippen molar-refractivity contribution in [1.82, 2.24) is 5.32 Å². The lowest BCUT2D eigenvalue weighted by molar-refractivity contribution is -0.143. The molecule has 0 bridgehead atoms. The summed E-state index contributed by atoms with van der Waals surface area (Å²) in [5, 5.41) is 23.2. The van der Waals surface area contributed by atoms with Crippen LogP contribution in [-0.4, -0.2) is 47.4 Å². The molecule has 0 aromatic heterocycles. The number of hydrogen-bond donors (Lipinski definition) is 3. The summed E-state index contributed by atoms with van der Waals surface area (Å²) < 4.78 is 5.48. The van der Waals surface area contributed by atoms with Gasteiger partial charge in [-0.2, -0.15) is 0 Å². The van der Waals surface area contributed by atoms with E-state index >= 15 is 0 Å². The molecule has 0 aromatic rings. The third kappa shape index (κ3) is 48.1. The topological polar surface area (TPSA) is 95.9 Å². The first-order valence-corrected chi connectivity index (χ1v) is 27.9. The fourth-order valence-electron chi connectivity index (χ4n) is 8.75. The highest BCUT2D eigenvalue weighted by Gasteiger charge is 2.20. The number of nitrogens with one attached hydrogen (secondary N) is 1.